The van der Waals surface area contributed by atoms with Crippen molar-refractivity contribution in [1.82, 2.24) is 9.97 Å². The molecular weight excluding hydrogens is 619 g/mol. The van der Waals surface area contributed by atoms with Crippen molar-refractivity contribution >= 4 is 80.1 Å². The molecule has 9 aromatic rings. The molecule has 0 spiro atoms. The van der Waals surface area contributed by atoms with Crippen LogP contribution >= 0.6 is 22.7 Å². The Morgan fingerprint density at radius 3 is 1.38 bits per heavy atom. The summed E-state index contributed by atoms with van der Waals surface area (Å²) in [4.78, 5) is 11.2. The van der Waals surface area contributed by atoms with Gasteiger partial charge in [-0.25, -0.2) is 9.97 Å². The molecule has 0 bridgehead atoms. The SMILES string of the molecule is c1ccc(N(c2cc(Oc3ccccn3)c3sc4ccccc4c3c2)c2cc(Oc3ccccn3)c3sc4ccccc4c3c2)cc1. The smallest absolute Gasteiger partial charge is 0.219 e. The highest BCUT2D eigenvalue weighted by Crippen LogP contribution is 2.49. The van der Waals surface area contributed by atoms with E-state index in [4.69, 9.17) is 9.47 Å². The third-order valence-electron chi connectivity index (χ3n) is 8.09. The summed E-state index contributed by atoms with van der Waals surface area (Å²) in [7, 11) is 0. The molecule has 0 N–H and O–H groups in total. The Balaban J connectivity index is 1.32. The number of rotatable bonds is 7. The second-order valence-corrected chi connectivity index (χ2v) is 13.2. The average molecular weight is 644 g/mol. The van der Waals surface area contributed by atoms with E-state index in [9.17, 15) is 0 Å². The Bertz CT molecular complexity index is 2370. The molecule has 0 amide bonds. The molecule has 4 heterocycles. The largest absolute Gasteiger partial charge is 0.437 e. The van der Waals surface area contributed by atoms with E-state index < -0.39 is 0 Å². The number of ether oxygens (including phenoxy) is 2. The number of thiophene rings is 2. The van der Waals surface area contributed by atoms with Crippen LogP contribution in [0.1, 0.15) is 0 Å². The fourth-order valence-electron chi connectivity index (χ4n) is 6.04. The molecule has 0 unspecified atom stereocenters. The third kappa shape index (κ3) is 5.02. The molecule has 5 aromatic carbocycles. The van der Waals surface area contributed by atoms with Crippen molar-refractivity contribution < 1.29 is 9.47 Å². The molecule has 0 fully saturated rings. The normalized spacial score (nSPS) is 11.4. The minimum absolute atomic E-state index is 0.548. The molecule has 0 saturated heterocycles. The minimum atomic E-state index is 0.548. The predicted octanol–water partition coefficient (Wildman–Crippen LogP) is 12.3. The summed E-state index contributed by atoms with van der Waals surface area (Å²) in [5.74, 6) is 2.61. The molecule has 47 heavy (non-hydrogen) atoms. The van der Waals surface area contributed by atoms with Crippen molar-refractivity contribution in [2.24, 2.45) is 0 Å². The molecule has 5 nitrogen and oxygen atoms in total. The van der Waals surface area contributed by atoms with Crippen LogP contribution in [0.3, 0.4) is 0 Å². The molecule has 9 rings (SSSR count). The maximum absolute atomic E-state index is 6.54. The highest BCUT2D eigenvalue weighted by molar-refractivity contribution is 7.26. The van der Waals surface area contributed by atoms with Crippen LogP contribution in [0.15, 0.2) is 152 Å². The van der Waals surface area contributed by atoms with Crippen LogP contribution in [0.2, 0.25) is 0 Å². The monoisotopic (exact) mass is 643 g/mol. The minimum Gasteiger partial charge on any atom is -0.437 e. The number of hydrogen-bond acceptors (Lipinski definition) is 7. The fourth-order valence-corrected chi connectivity index (χ4v) is 8.31. The van der Waals surface area contributed by atoms with Gasteiger partial charge in [-0.1, -0.05) is 66.7 Å². The van der Waals surface area contributed by atoms with Crippen LogP contribution in [-0.2, 0) is 0 Å². The number of pyridine rings is 2. The Kier molecular flexibility index (Phi) is 6.77. The van der Waals surface area contributed by atoms with Gasteiger partial charge in [-0.15, -0.1) is 22.7 Å². The van der Waals surface area contributed by atoms with Gasteiger partial charge in [0.15, 0.2) is 0 Å². The molecule has 4 aromatic heterocycles. The first-order chi connectivity index (χ1) is 23.3. The molecule has 0 aliphatic rings. The van der Waals surface area contributed by atoms with E-state index >= 15 is 0 Å². The number of aromatic nitrogens is 2. The summed E-state index contributed by atoms with van der Waals surface area (Å²) in [6.07, 6.45) is 3.50. The van der Waals surface area contributed by atoms with Crippen molar-refractivity contribution in [2.45, 2.75) is 0 Å². The third-order valence-corrected chi connectivity index (χ3v) is 10.5. The van der Waals surface area contributed by atoms with Gasteiger partial charge in [0.05, 0.1) is 20.8 Å². The number of para-hydroxylation sites is 1. The number of benzene rings is 5. The maximum Gasteiger partial charge on any atom is 0.219 e. The van der Waals surface area contributed by atoms with E-state index in [1.807, 2.05) is 42.5 Å². The number of nitrogens with zero attached hydrogens (tertiary/aromatic N) is 3. The first-order valence-corrected chi connectivity index (χ1v) is 16.9. The molecule has 0 radical (unpaired) electrons. The van der Waals surface area contributed by atoms with Crippen LogP contribution < -0.4 is 14.4 Å². The van der Waals surface area contributed by atoms with Gasteiger partial charge in [0.2, 0.25) is 11.8 Å². The van der Waals surface area contributed by atoms with Crippen LogP contribution in [0.5, 0.6) is 23.3 Å². The molecule has 0 saturated carbocycles. The lowest BCUT2D eigenvalue weighted by atomic mass is 10.1. The molecule has 224 valence electrons. The Morgan fingerprint density at radius 2 is 0.894 bits per heavy atom. The van der Waals surface area contributed by atoms with E-state index in [0.29, 0.717) is 11.8 Å². The first-order valence-electron chi connectivity index (χ1n) is 15.2. The van der Waals surface area contributed by atoms with Gasteiger partial charge >= 0.3 is 0 Å². The lowest BCUT2D eigenvalue weighted by molar-refractivity contribution is 0.469. The molecule has 0 aliphatic carbocycles. The second-order valence-electron chi connectivity index (χ2n) is 11.0. The number of hydrogen-bond donors (Lipinski definition) is 0. The van der Waals surface area contributed by atoms with Crippen LogP contribution in [0.4, 0.5) is 17.1 Å². The highest BCUT2D eigenvalue weighted by atomic mass is 32.1. The van der Waals surface area contributed by atoms with Gasteiger partial charge in [-0.2, -0.15) is 0 Å². The predicted molar refractivity (Wildman–Crippen MR) is 196 cm³/mol. The number of fused-ring (bicyclic) bond motifs is 6. The van der Waals surface area contributed by atoms with Gasteiger partial charge < -0.3 is 14.4 Å². The van der Waals surface area contributed by atoms with E-state index in [2.05, 4.69) is 112 Å². The van der Waals surface area contributed by atoms with Crippen LogP contribution in [0, 0.1) is 0 Å². The standard InChI is InChI=1S/C40H25N3O2S2/c1-2-12-26(13-3-1)43(27-22-31-29-14-4-6-16-35(29)46-39(31)33(24-27)44-37-18-8-10-20-41-37)28-23-32-30-15-5-7-17-36(30)47-40(32)34(25-28)45-38-19-9-11-21-42-38/h1-25H. The summed E-state index contributed by atoms with van der Waals surface area (Å²) in [6, 6.07) is 47.7. The fraction of sp³-hybridized carbons (Fsp3) is 0. The molecule has 0 atom stereocenters. The summed E-state index contributed by atoms with van der Waals surface area (Å²) in [5, 5.41) is 4.63. The zero-order chi connectivity index (χ0) is 31.2. The summed E-state index contributed by atoms with van der Waals surface area (Å²) >= 11 is 3.46. The van der Waals surface area contributed by atoms with Gasteiger partial charge in [0, 0.05) is 73.3 Å². The quantitative estimate of drug-likeness (QED) is 0.173. The van der Waals surface area contributed by atoms with Crippen molar-refractivity contribution in [2.75, 3.05) is 4.90 Å². The summed E-state index contributed by atoms with van der Waals surface area (Å²) < 4.78 is 17.6. The first kappa shape index (κ1) is 27.5. The molecule has 0 aliphatic heterocycles. The van der Waals surface area contributed by atoms with Crippen LogP contribution in [0.25, 0.3) is 40.3 Å². The maximum atomic E-state index is 6.54. The van der Waals surface area contributed by atoms with Crippen molar-refractivity contribution in [3.8, 4) is 23.3 Å². The average Bonchev–Trinajstić information content (AvgIpc) is 3.69. The summed E-state index contributed by atoms with van der Waals surface area (Å²) in [6.45, 7) is 0. The van der Waals surface area contributed by atoms with Crippen molar-refractivity contribution in [1.29, 1.82) is 0 Å². The van der Waals surface area contributed by atoms with E-state index in [1.165, 1.54) is 20.2 Å². The van der Waals surface area contributed by atoms with Crippen LogP contribution in [-0.4, -0.2) is 9.97 Å². The van der Waals surface area contributed by atoms with Gasteiger partial charge in [-0.3, -0.25) is 0 Å². The van der Waals surface area contributed by atoms with E-state index in [1.54, 1.807) is 35.1 Å². The topological polar surface area (TPSA) is 47.5 Å². The van der Waals surface area contributed by atoms with Gasteiger partial charge in [-0.05, 0) is 48.5 Å². The lowest BCUT2D eigenvalue weighted by Gasteiger charge is -2.27. The van der Waals surface area contributed by atoms with Gasteiger partial charge in [0.25, 0.3) is 0 Å². The van der Waals surface area contributed by atoms with Gasteiger partial charge in [0.1, 0.15) is 11.5 Å². The van der Waals surface area contributed by atoms with E-state index in [-0.39, 0.29) is 0 Å². The summed E-state index contributed by atoms with van der Waals surface area (Å²) in [5.41, 5.74) is 2.93. The Hall–Kier alpha value is -5.76. The molecule has 7 heteroatoms. The Morgan fingerprint density at radius 1 is 0.426 bits per heavy atom. The lowest BCUT2D eigenvalue weighted by Crippen LogP contribution is -2.10. The zero-order valence-corrected chi connectivity index (χ0v) is 26.5. The second kappa shape index (κ2) is 11.6. The number of anilines is 3. The van der Waals surface area contributed by atoms with E-state index in [0.717, 1.165) is 48.7 Å². The Labute approximate surface area is 278 Å². The zero-order valence-electron chi connectivity index (χ0n) is 24.9. The van der Waals surface area contributed by atoms with Crippen molar-refractivity contribution in [3.05, 3.63) is 152 Å². The molecular formula is C40H25N3O2S2. The highest BCUT2D eigenvalue weighted by Gasteiger charge is 2.22. The van der Waals surface area contributed by atoms with Crippen molar-refractivity contribution in [3.63, 3.8) is 0 Å².